The van der Waals surface area contributed by atoms with Crippen LogP contribution in [0.15, 0.2) is 24.3 Å². The molecule has 1 heterocycles. The highest BCUT2D eigenvalue weighted by Gasteiger charge is 2.31. The topological polar surface area (TPSA) is 15.3 Å². The van der Waals surface area contributed by atoms with Crippen LogP contribution in [0.4, 0.5) is 0 Å². The van der Waals surface area contributed by atoms with Crippen LogP contribution in [0.5, 0.6) is 0 Å². The second kappa shape index (κ2) is 6.93. The van der Waals surface area contributed by atoms with Crippen molar-refractivity contribution < 1.29 is 0 Å². The Balaban J connectivity index is 2.13. The third-order valence-electron chi connectivity index (χ3n) is 4.39. The third-order valence-corrected chi connectivity index (χ3v) is 4.76. The lowest BCUT2D eigenvalue weighted by Crippen LogP contribution is -2.59. The Kier molecular flexibility index (Phi) is 5.48. The van der Waals surface area contributed by atoms with Crippen molar-refractivity contribution in [2.75, 3.05) is 13.1 Å². The second-order valence-electron chi connectivity index (χ2n) is 6.59. The maximum atomic E-state index is 6.33. The van der Waals surface area contributed by atoms with Gasteiger partial charge in [0.15, 0.2) is 0 Å². The predicted octanol–water partition coefficient (Wildman–Crippen LogP) is 3.79. The molecule has 0 saturated carbocycles. The first-order valence-electron chi connectivity index (χ1n) is 7.70. The molecule has 2 rings (SSSR count). The van der Waals surface area contributed by atoms with Gasteiger partial charge in [0, 0.05) is 36.7 Å². The third kappa shape index (κ3) is 3.75. The number of benzene rings is 1. The van der Waals surface area contributed by atoms with Crippen LogP contribution in [0.3, 0.4) is 0 Å². The fraction of sp³-hybridized carbons (Fsp3) is 0.647. The fourth-order valence-electron chi connectivity index (χ4n) is 2.98. The first-order chi connectivity index (χ1) is 9.49. The van der Waals surface area contributed by atoms with Crippen LogP contribution < -0.4 is 5.32 Å². The lowest BCUT2D eigenvalue weighted by Gasteiger charge is -2.44. The van der Waals surface area contributed by atoms with E-state index >= 15 is 0 Å². The monoisotopic (exact) mass is 294 g/mol. The molecule has 1 fully saturated rings. The molecule has 0 aromatic heterocycles. The van der Waals surface area contributed by atoms with Crippen molar-refractivity contribution >= 4 is 11.6 Å². The van der Waals surface area contributed by atoms with E-state index in [2.05, 4.69) is 50.0 Å². The van der Waals surface area contributed by atoms with Crippen LogP contribution in [0.2, 0.25) is 5.02 Å². The standard InChI is InChI=1S/C17H27ClN2/c1-12(2)16-11-20(17(9-19-16)13(3)4)10-14-7-5-6-8-15(14)18/h5-8,12-13,16-17,19H,9-11H2,1-4H3. The van der Waals surface area contributed by atoms with E-state index in [9.17, 15) is 0 Å². The summed E-state index contributed by atoms with van der Waals surface area (Å²) in [4.78, 5) is 2.60. The van der Waals surface area contributed by atoms with Gasteiger partial charge in [-0.05, 0) is 23.5 Å². The second-order valence-corrected chi connectivity index (χ2v) is 7.00. The number of halogens is 1. The summed E-state index contributed by atoms with van der Waals surface area (Å²) in [7, 11) is 0. The molecule has 20 heavy (non-hydrogen) atoms. The lowest BCUT2D eigenvalue weighted by atomic mass is 9.94. The van der Waals surface area contributed by atoms with Gasteiger partial charge >= 0.3 is 0 Å². The maximum Gasteiger partial charge on any atom is 0.0451 e. The molecule has 1 aromatic carbocycles. The van der Waals surface area contributed by atoms with Crippen molar-refractivity contribution in [3.8, 4) is 0 Å². The number of hydrogen-bond donors (Lipinski definition) is 1. The van der Waals surface area contributed by atoms with Crippen molar-refractivity contribution in [2.24, 2.45) is 11.8 Å². The Morgan fingerprint density at radius 1 is 1.20 bits per heavy atom. The summed E-state index contributed by atoms with van der Waals surface area (Å²) in [5, 5.41) is 4.59. The normalized spacial score (nSPS) is 24.6. The zero-order valence-corrected chi connectivity index (χ0v) is 13.8. The number of nitrogens with one attached hydrogen (secondary N) is 1. The molecule has 1 aliphatic rings. The highest BCUT2D eigenvalue weighted by atomic mass is 35.5. The Morgan fingerprint density at radius 3 is 2.50 bits per heavy atom. The molecule has 2 atom stereocenters. The Bertz CT molecular complexity index is 431. The van der Waals surface area contributed by atoms with Crippen LogP contribution in [0, 0.1) is 11.8 Å². The van der Waals surface area contributed by atoms with E-state index in [-0.39, 0.29) is 0 Å². The first-order valence-corrected chi connectivity index (χ1v) is 8.07. The van der Waals surface area contributed by atoms with E-state index in [1.807, 2.05) is 12.1 Å². The van der Waals surface area contributed by atoms with Gasteiger partial charge in [0.05, 0.1) is 0 Å². The Hall–Kier alpha value is -0.570. The highest BCUT2D eigenvalue weighted by molar-refractivity contribution is 6.31. The first kappa shape index (κ1) is 15.8. The van der Waals surface area contributed by atoms with Crippen LogP contribution >= 0.6 is 11.6 Å². The summed E-state index contributed by atoms with van der Waals surface area (Å²) in [5.41, 5.74) is 1.24. The van der Waals surface area contributed by atoms with Crippen molar-refractivity contribution in [3.05, 3.63) is 34.9 Å². The van der Waals surface area contributed by atoms with Gasteiger partial charge in [-0.15, -0.1) is 0 Å². The average Bonchev–Trinajstić information content (AvgIpc) is 2.41. The maximum absolute atomic E-state index is 6.33. The zero-order chi connectivity index (χ0) is 14.7. The molecule has 0 amide bonds. The number of hydrogen-bond acceptors (Lipinski definition) is 2. The molecule has 1 aromatic rings. The van der Waals surface area contributed by atoms with E-state index in [0.29, 0.717) is 23.9 Å². The van der Waals surface area contributed by atoms with E-state index in [1.54, 1.807) is 0 Å². The van der Waals surface area contributed by atoms with Gasteiger partial charge in [-0.3, -0.25) is 4.90 Å². The fourth-order valence-corrected chi connectivity index (χ4v) is 3.18. The van der Waals surface area contributed by atoms with Crippen molar-refractivity contribution in [3.63, 3.8) is 0 Å². The van der Waals surface area contributed by atoms with E-state index in [4.69, 9.17) is 11.6 Å². The smallest absolute Gasteiger partial charge is 0.0451 e. The van der Waals surface area contributed by atoms with Crippen molar-refractivity contribution in [2.45, 2.75) is 46.3 Å². The summed E-state index contributed by atoms with van der Waals surface area (Å²) in [6.07, 6.45) is 0. The van der Waals surface area contributed by atoms with E-state index in [0.717, 1.165) is 24.7 Å². The van der Waals surface area contributed by atoms with Gasteiger partial charge in [-0.1, -0.05) is 57.5 Å². The summed E-state index contributed by atoms with van der Waals surface area (Å²) in [6.45, 7) is 12.3. The van der Waals surface area contributed by atoms with Gasteiger partial charge in [-0.2, -0.15) is 0 Å². The van der Waals surface area contributed by atoms with Gasteiger partial charge in [-0.25, -0.2) is 0 Å². The summed E-state index contributed by atoms with van der Waals surface area (Å²) in [6, 6.07) is 9.37. The molecule has 0 radical (unpaired) electrons. The minimum atomic E-state index is 0.576. The van der Waals surface area contributed by atoms with Crippen LogP contribution in [0.25, 0.3) is 0 Å². The number of piperazine rings is 1. The molecule has 2 nitrogen and oxygen atoms in total. The van der Waals surface area contributed by atoms with Crippen LogP contribution in [-0.4, -0.2) is 30.1 Å². The summed E-state index contributed by atoms with van der Waals surface area (Å²) >= 11 is 6.33. The van der Waals surface area contributed by atoms with Gasteiger partial charge in [0.25, 0.3) is 0 Å². The van der Waals surface area contributed by atoms with Crippen LogP contribution in [0.1, 0.15) is 33.3 Å². The van der Waals surface area contributed by atoms with Gasteiger partial charge in [0.2, 0.25) is 0 Å². The van der Waals surface area contributed by atoms with Crippen molar-refractivity contribution in [1.82, 2.24) is 10.2 Å². The molecular weight excluding hydrogens is 268 g/mol. The Labute approximate surface area is 128 Å². The molecule has 1 aliphatic heterocycles. The molecule has 1 saturated heterocycles. The number of nitrogens with zero attached hydrogens (tertiary/aromatic N) is 1. The van der Waals surface area contributed by atoms with Crippen LogP contribution in [-0.2, 0) is 6.54 Å². The van der Waals surface area contributed by atoms with E-state index in [1.165, 1.54) is 5.56 Å². The van der Waals surface area contributed by atoms with E-state index < -0.39 is 0 Å². The molecule has 0 aliphatic carbocycles. The quantitative estimate of drug-likeness (QED) is 0.909. The largest absolute Gasteiger partial charge is 0.311 e. The number of rotatable bonds is 4. The molecule has 112 valence electrons. The van der Waals surface area contributed by atoms with Gasteiger partial charge in [0.1, 0.15) is 0 Å². The van der Waals surface area contributed by atoms with Gasteiger partial charge < -0.3 is 5.32 Å². The average molecular weight is 295 g/mol. The molecule has 0 bridgehead atoms. The minimum absolute atomic E-state index is 0.576. The summed E-state index contributed by atoms with van der Waals surface area (Å²) in [5.74, 6) is 1.31. The Morgan fingerprint density at radius 2 is 1.90 bits per heavy atom. The molecule has 2 unspecified atom stereocenters. The molecular formula is C17H27ClN2. The molecule has 3 heteroatoms. The molecule has 0 spiro atoms. The zero-order valence-electron chi connectivity index (χ0n) is 13.1. The summed E-state index contributed by atoms with van der Waals surface area (Å²) < 4.78 is 0. The molecule has 1 N–H and O–H groups in total. The lowest BCUT2D eigenvalue weighted by molar-refractivity contribution is 0.0784. The predicted molar refractivity (Wildman–Crippen MR) is 87.1 cm³/mol. The highest BCUT2D eigenvalue weighted by Crippen LogP contribution is 2.23. The SMILES string of the molecule is CC(C)C1CN(Cc2ccccc2Cl)C(C(C)C)CN1. The van der Waals surface area contributed by atoms with Crippen molar-refractivity contribution in [1.29, 1.82) is 0 Å². The minimum Gasteiger partial charge on any atom is -0.311 e.